The van der Waals surface area contributed by atoms with E-state index in [1.807, 2.05) is 17.5 Å². The van der Waals surface area contributed by atoms with Crippen LogP contribution in [0.25, 0.3) is 0 Å². The number of hydrogen-bond acceptors (Lipinski definition) is 2. The van der Waals surface area contributed by atoms with Crippen molar-refractivity contribution in [2.45, 2.75) is 5.38 Å². The van der Waals surface area contributed by atoms with Gasteiger partial charge in [0.2, 0.25) is 0 Å². The van der Waals surface area contributed by atoms with E-state index in [0.717, 1.165) is 14.2 Å². The van der Waals surface area contributed by atoms with Gasteiger partial charge in [-0.1, -0.05) is 23.2 Å². The van der Waals surface area contributed by atoms with Crippen LogP contribution in [0.3, 0.4) is 0 Å². The predicted molar refractivity (Wildman–Crippen MR) is 74.1 cm³/mol. The maximum absolute atomic E-state index is 6.32. The van der Waals surface area contributed by atoms with Gasteiger partial charge in [0, 0.05) is 14.2 Å². The van der Waals surface area contributed by atoms with E-state index in [9.17, 15) is 0 Å². The molecule has 0 amide bonds. The van der Waals surface area contributed by atoms with E-state index in [-0.39, 0.29) is 5.38 Å². The van der Waals surface area contributed by atoms with Gasteiger partial charge in [-0.2, -0.15) is 0 Å². The van der Waals surface area contributed by atoms with Crippen LogP contribution >= 0.6 is 73.4 Å². The first-order valence-electron chi connectivity index (χ1n) is 3.91. The van der Waals surface area contributed by atoms with Crippen LogP contribution < -0.4 is 0 Å². The van der Waals surface area contributed by atoms with E-state index in [1.54, 1.807) is 11.3 Å². The third-order valence-electron chi connectivity index (χ3n) is 1.79. The molecule has 0 aliphatic heterocycles. The lowest BCUT2D eigenvalue weighted by Crippen LogP contribution is -1.85. The van der Waals surface area contributed by atoms with E-state index < -0.39 is 0 Å². The fourth-order valence-corrected chi connectivity index (χ4v) is 4.59. The Kier molecular flexibility index (Phi) is 4.03. The van der Waals surface area contributed by atoms with Crippen LogP contribution in [0.4, 0.5) is 0 Å². The van der Waals surface area contributed by atoms with Crippen LogP contribution in [0.1, 0.15) is 15.1 Å². The van der Waals surface area contributed by atoms with E-state index >= 15 is 0 Å². The van der Waals surface area contributed by atoms with Crippen LogP contribution in [0.2, 0.25) is 9.36 Å². The molecule has 0 bridgehead atoms. The van der Waals surface area contributed by atoms with E-state index in [4.69, 9.17) is 34.8 Å². The molecule has 0 aliphatic carbocycles. The van der Waals surface area contributed by atoms with Crippen molar-refractivity contribution in [1.82, 2.24) is 0 Å². The molecule has 2 rings (SSSR count). The normalized spacial score (nSPS) is 13.1. The largest absolute Gasteiger partial charge is 0.145 e. The quantitative estimate of drug-likeness (QED) is 0.557. The van der Waals surface area contributed by atoms with Crippen LogP contribution in [0.5, 0.6) is 0 Å². The Morgan fingerprint density at radius 2 is 2.07 bits per heavy atom. The summed E-state index contributed by atoms with van der Waals surface area (Å²) < 4.78 is 1.59. The zero-order valence-electron chi connectivity index (χ0n) is 7.14. The maximum atomic E-state index is 6.32. The Labute approximate surface area is 119 Å². The minimum atomic E-state index is -0.216. The van der Waals surface area contributed by atoms with E-state index in [1.165, 1.54) is 11.3 Å². The molecule has 2 aromatic rings. The molecule has 0 N–H and O–H groups in total. The lowest BCUT2D eigenvalue weighted by molar-refractivity contribution is 1.24. The van der Waals surface area contributed by atoms with Gasteiger partial charge >= 0.3 is 0 Å². The molecule has 0 spiro atoms. The standard InChI is InChI=1S/C9H4BrCl3S2/c10-4-3-6(15-9(4)13)7(12)8-5(11)1-2-14-8/h1-3,7H. The van der Waals surface area contributed by atoms with Gasteiger partial charge in [0.25, 0.3) is 0 Å². The number of rotatable bonds is 2. The molecule has 1 atom stereocenters. The SMILES string of the molecule is Clc1ccsc1C(Cl)c1cc(Br)c(Cl)s1. The molecule has 0 aromatic carbocycles. The second-order valence-electron chi connectivity index (χ2n) is 2.77. The van der Waals surface area contributed by atoms with Gasteiger partial charge in [-0.15, -0.1) is 34.3 Å². The van der Waals surface area contributed by atoms with Gasteiger partial charge in [0.1, 0.15) is 9.71 Å². The summed E-state index contributed by atoms with van der Waals surface area (Å²) in [4.78, 5) is 1.96. The first-order chi connectivity index (χ1) is 7.09. The third kappa shape index (κ3) is 2.54. The molecule has 0 nitrogen and oxygen atoms in total. The average molecular weight is 363 g/mol. The highest BCUT2D eigenvalue weighted by molar-refractivity contribution is 9.10. The highest BCUT2D eigenvalue weighted by Crippen LogP contribution is 2.43. The number of thiophene rings is 2. The van der Waals surface area contributed by atoms with Crippen LogP contribution in [-0.2, 0) is 0 Å². The van der Waals surface area contributed by atoms with Gasteiger partial charge in [0.15, 0.2) is 0 Å². The van der Waals surface area contributed by atoms with Crippen LogP contribution in [-0.4, -0.2) is 0 Å². The average Bonchev–Trinajstić information content (AvgIpc) is 2.74. The zero-order chi connectivity index (χ0) is 11.0. The Morgan fingerprint density at radius 3 is 2.53 bits per heavy atom. The van der Waals surface area contributed by atoms with Gasteiger partial charge in [0.05, 0.1) is 5.02 Å². The van der Waals surface area contributed by atoms with Crippen molar-refractivity contribution < 1.29 is 0 Å². The fraction of sp³-hybridized carbons (Fsp3) is 0.111. The lowest BCUT2D eigenvalue weighted by Gasteiger charge is -2.04. The molecule has 6 heteroatoms. The van der Waals surface area contributed by atoms with Crippen LogP contribution in [0, 0.1) is 0 Å². The van der Waals surface area contributed by atoms with Crippen LogP contribution in [0.15, 0.2) is 22.0 Å². The summed E-state index contributed by atoms with van der Waals surface area (Å²) in [5.41, 5.74) is 0. The first-order valence-corrected chi connectivity index (χ1v) is 7.59. The van der Waals surface area contributed by atoms with E-state index in [2.05, 4.69) is 15.9 Å². The summed E-state index contributed by atoms with van der Waals surface area (Å²) >= 11 is 24.7. The zero-order valence-corrected chi connectivity index (χ0v) is 12.6. The van der Waals surface area contributed by atoms with Gasteiger partial charge in [-0.05, 0) is 33.4 Å². The molecular weight excluding hydrogens is 358 g/mol. The van der Waals surface area contributed by atoms with Gasteiger partial charge in [-0.3, -0.25) is 0 Å². The lowest BCUT2D eigenvalue weighted by atomic mass is 10.3. The highest BCUT2D eigenvalue weighted by Gasteiger charge is 2.19. The van der Waals surface area contributed by atoms with Crippen molar-refractivity contribution in [3.8, 4) is 0 Å². The minimum absolute atomic E-state index is 0.216. The molecule has 1 unspecified atom stereocenters. The van der Waals surface area contributed by atoms with Crippen molar-refractivity contribution in [3.05, 3.63) is 41.1 Å². The molecule has 0 aliphatic rings. The first kappa shape index (κ1) is 12.2. The third-order valence-corrected chi connectivity index (χ3v) is 6.46. The second kappa shape index (κ2) is 4.94. The molecule has 0 fully saturated rings. The van der Waals surface area contributed by atoms with Gasteiger partial charge < -0.3 is 0 Å². The topological polar surface area (TPSA) is 0 Å². The smallest absolute Gasteiger partial charge is 0.107 e. The summed E-state index contributed by atoms with van der Waals surface area (Å²) in [5, 5.41) is 2.42. The molecule has 2 heterocycles. The second-order valence-corrected chi connectivity index (χ2v) is 7.10. The molecule has 0 radical (unpaired) electrons. The van der Waals surface area contributed by atoms with Gasteiger partial charge in [-0.25, -0.2) is 0 Å². The maximum Gasteiger partial charge on any atom is 0.107 e. The molecule has 0 saturated carbocycles. The van der Waals surface area contributed by atoms with Crippen molar-refractivity contribution in [2.75, 3.05) is 0 Å². The summed E-state index contributed by atoms with van der Waals surface area (Å²) in [6.07, 6.45) is 0. The van der Waals surface area contributed by atoms with Crippen molar-refractivity contribution in [3.63, 3.8) is 0 Å². The monoisotopic (exact) mass is 360 g/mol. The highest BCUT2D eigenvalue weighted by atomic mass is 79.9. The van der Waals surface area contributed by atoms with Crippen molar-refractivity contribution in [1.29, 1.82) is 0 Å². The minimum Gasteiger partial charge on any atom is -0.145 e. The van der Waals surface area contributed by atoms with Crippen molar-refractivity contribution >= 4 is 73.4 Å². The molecule has 0 saturated heterocycles. The Balaban J connectivity index is 2.36. The molecule has 80 valence electrons. The Morgan fingerprint density at radius 1 is 1.33 bits per heavy atom. The summed E-state index contributed by atoms with van der Waals surface area (Å²) in [6.45, 7) is 0. The summed E-state index contributed by atoms with van der Waals surface area (Å²) in [5.74, 6) is 0. The predicted octanol–water partition coefficient (Wildman–Crippen LogP) is 6.21. The number of halogens is 4. The number of alkyl halides is 1. The summed E-state index contributed by atoms with van der Waals surface area (Å²) in [6, 6.07) is 3.78. The number of hydrogen-bond donors (Lipinski definition) is 0. The van der Waals surface area contributed by atoms with E-state index in [0.29, 0.717) is 9.36 Å². The Hall–Kier alpha value is 0.750. The molecule has 2 aromatic heterocycles. The molecular formula is C9H4BrCl3S2. The van der Waals surface area contributed by atoms with Crippen molar-refractivity contribution in [2.24, 2.45) is 0 Å². The Bertz CT molecular complexity index is 458. The summed E-state index contributed by atoms with van der Waals surface area (Å²) in [7, 11) is 0. The fourth-order valence-electron chi connectivity index (χ4n) is 1.10. The molecule has 15 heavy (non-hydrogen) atoms.